The summed E-state index contributed by atoms with van der Waals surface area (Å²) in [5.74, 6) is -0.143. The van der Waals surface area contributed by atoms with Crippen LogP contribution in [0, 0.1) is 0 Å². The van der Waals surface area contributed by atoms with Crippen molar-refractivity contribution in [2.75, 3.05) is 13.2 Å². The highest BCUT2D eigenvalue weighted by Gasteiger charge is 2.22. The Hall–Kier alpha value is -2.66. The minimum atomic E-state index is -0.935. The molecule has 0 aromatic heterocycles. The molecule has 1 N–H and O–H groups in total. The summed E-state index contributed by atoms with van der Waals surface area (Å²) in [6.45, 7) is 1.36. The van der Waals surface area contributed by atoms with E-state index in [1.54, 1.807) is 30.5 Å². The summed E-state index contributed by atoms with van der Waals surface area (Å²) >= 11 is 0. The third kappa shape index (κ3) is 3.93. The Balaban J connectivity index is 1.60. The van der Waals surface area contributed by atoms with Crippen molar-refractivity contribution in [3.05, 3.63) is 59.7 Å². The van der Waals surface area contributed by atoms with Crippen molar-refractivity contribution in [2.45, 2.75) is 6.10 Å². The second-order valence-corrected chi connectivity index (χ2v) is 4.95. The Bertz CT molecular complexity index is 673. The first-order chi connectivity index (χ1) is 10.7. The van der Waals surface area contributed by atoms with Crippen LogP contribution in [0.4, 0.5) is 5.69 Å². The van der Waals surface area contributed by atoms with Crippen LogP contribution in [-0.2, 0) is 4.74 Å². The first-order valence-electron chi connectivity index (χ1n) is 6.92. The van der Waals surface area contributed by atoms with Crippen LogP contribution in [0.5, 0.6) is 5.75 Å². The molecule has 1 aliphatic heterocycles. The zero-order valence-corrected chi connectivity index (χ0v) is 11.8. The van der Waals surface area contributed by atoms with Crippen LogP contribution in [0.25, 0.3) is 0 Å². The average molecular weight is 297 g/mol. The summed E-state index contributed by atoms with van der Waals surface area (Å²) in [6, 6.07) is 14.0. The van der Waals surface area contributed by atoms with Crippen molar-refractivity contribution >= 4 is 17.9 Å². The number of hydrogen-bond donors (Lipinski definition) is 1. The lowest BCUT2D eigenvalue weighted by molar-refractivity contribution is 0.0697. The van der Waals surface area contributed by atoms with E-state index < -0.39 is 5.97 Å². The maximum Gasteiger partial charge on any atom is 0.335 e. The lowest BCUT2D eigenvalue weighted by Crippen LogP contribution is -2.03. The monoisotopic (exact) mass is 297 g/mol. The van der Waals surface area contributed by atoms with E-state index in [1.165, 1.54) is 0 Å². The van der Waals surface area contributed by atoms with E-state index in [0.717, 1.165) is 23.6 Å². The molecule has 2 aromatic rings. The molecule has 1 fully saturated rings. The minimum absolute atomic E-state index is 0.242. The number of rotatable bonds is 6. The van der Waals surface area contributed by atoms with Crippen LogP contribution in [0.1, 0.15) is 15.9 Å². The van der Waals surface area contributed by atoms with Crippen LogP contribution >= 0.6 is 0 Å². The average Bonchev–Trinajstić information content (AvgIpc) is 3.36. The highest BCUT2D eigenvalue weighted by molar-refractivity contribution is 5.89. The second-order valence-electron chi connectivity index (χ2n) is 4.95. The summed E-state index contributed by atoms with van der Waals surface area (Å²) in [5, 5.41) is 8.84. The highest BCUT2D eigenvalue weighted by atomic mass is 16.6. The number of ether oxygens (including phenoxy) is 2. The Morgan fingerprint density at radius 2 is 1.91 bits per heavy atom. The van der Waals surface area contributed by atoms with Gasteiger partial charge in [-0.3, -0.25) is 4.99 Å². The second kappa shape index (κ2) is 6.41. The number of nitrogens with zero attached hydrogens (tertiary/aromatic N) is 1. The van der Waals surface area contributed by atoms with Gasteiger partial charge in [-0.1, -0.05) is 12.1 Å². The number of carboxylic acids is 1. The van der Waals surface area contributed by atoms with Gasteiger partial charge in [0.2, 0.25) is 0 Å². The van der Waals surface area contributed by atoms with Crippen molar-refractivity contribution in [1.29, 1.82) is 0 Å². The maximum absolute atomic E-state index is 10.8. The van der Waals surface area contributed by atoms with E-state index >= 15 is 0 Å². The summed E-state index contributed by atoms with van der Waals surface area (Å²) in [7, 11) is 0. The normalized spacial score (nSPS) is 16.6. The molecule has 5 nitrogen and oxygen atoms in total. The molecule has 1 aliphatic rings. The zero-order chi connectivity index (χ0) is 15.4. The number of aromatic carboxylic acids is 1. The molecule has 0 amide bonds. The van der Waals surface area contributed by atoms with Crippen molar-refractivity contribution in [3.63, 3.8) is 0 Å². The molecular weight excluding hydrogens is 282 g/mol. The van der Waals surface area contributed by atoms with E-state index in [1.807, 2.05) is 24.3 Å². The fourth-order valence-corrected chi connectivity index (χ4v) is 1.84. The van der Waals surface area contributed by atoms with Crippen LogP contribution < -0.4 is 4.74 Å². The van der Waals surface area contributed by atoms with E-state index in [4.69, 9.17) is 14.6 Å². The molecule has 2 aromatic carbocycles. The Labute approximate surface area is 127 Å². The molecule has 1 atom stereocenters. The van der Waals surface area contributed by atoms with Crippen LogP contribution in [0.15, 0.2) is 53.5 Å². The number of carbonyl (C=O) groups is 1. The van der Waals surface area contributed by atoms with Gasteiger partial charge < -0.3 is 14.6 Å². The predicted molar refractivity (Wildman–Crippen MR) is 82.3 cm³/mol. The van der Waals surface area contributed by atoms with Crippen molar-refractivity contribution in [1.82, 2.24) is 0 Å². The Morgan fingerprint density at radius 3 is 2.50 bits per heavy atom. The van der Waals surface area contributed by atoms with Gasteiger partial charge in [0.1, 0.15) is 18.5 Å². The number of benzene rings is 2. The fraction of sp³-hybridized carbons (Fsp3) is 0.176. The third-order valence-corrected chi connectivity index (χ3v) is 3.20. The SMILES string of the molecule is O=C(O)c1ccc(C=Nc2ccc(OCC3CO3)cc2)cc1. The van der Waals surface area contributed by atoms with Gasteiger partial charge in [-0.2, -0.15) is 0 Å². The van der Waals surface area contributed by atoms with Gasteiger partial charge in [-0.15, -0.1) is 0 Å². The number of carboxylic acid groups (broad SMARTS) is 1. The van der Waals surface area contributed by atoms with Gasteiger partial charge in [0.05, 0.1) is 17.9 Å². The molecule has 5 heteroatoms. The summed E-state index contributed by atoms with van der Waals surface area (Å²) in [5.41, 5.74) is 1.91. The van der Waals surface area contributed by atoms with Crippen molar-refractivity contribution < 1.29 is 19.4 Å². The quantitative estimate of drug-likeness (QED) is 0.657. The smallest absolute Gasteiger partial charge is 0.335 e. The van der Waals surface area contributed by atoms with Gasteiger partial charge in [-0.05, 0) is 42.0 Å². The standard InChI is InChI=1S/C17H15NO4/c19-17(20)13-3-1-12(2-4-13)9-18-14-5-7-15(8-6-14)21-10-16-11-22-16/h1-9,16H,10-11H2,(H,19,20). The summed E-state index contributed by atoms with van der Waals surface area (Å²) in [4.78, 5) is 15.1. The molecular formula is C17H15NO4. The van der Waals surface area contributed by atoms with Crippen LogP contribution in [0.3, 0.4) is 0 Å². The van der Waals surface area contributed by atoms with Gasteiger partial charge in [-0.25, -0.2) is 4.79 Å². The molecule has 22 heavy (non-hydrogen) atoms. The molecule has 1 heterocycles. The lowest BCUT2D eigenvalue weighted by atomic mass is 10.1. The summed E-state index contributed by atoms with van der Waals surface area (Å²) < 4.78 is 10.6. The van der Waals surface area contributed by atoms with E-state index in [2.05, 4.69) is 4.99 Å². The largest absolute Gasteiger partial charge is 0.491 e. The van der Waals surface area contributed by atoms with Gasteiger partial charge >= 0.3 is 5.97 Å². The van der Waals surface area contributed by atoms with E-state index in [0.29, 0.717) is 6.61 Å². The highest BCUT2D eigenvalue weighted by Crippen LogP contribution is 2.19. The topological polar surface area (TPSA) is 71.4 Å². The summed E-state index contributed by atoms with van der Waals surface area (Å²) in [6.07, 6.45) is 1.94. The van der Waals surface area contributed by atoms with Gasteiger partial charge in [0.15, 0.2) is 0 Å². The minimum Gasteiger partial charge on any atom is -0.491 e. The van der Waals surface area contributed by atoms with Gasteiger partial charge in [0.25, 0.3) is 0 Å². The Kier molecular flexibility index (Phi) is 4.16. The number of aliphatic imine (C=N–C) groups is 1. The van der Waals surface area contributed by atoms with Crippen molar-refractivity contribution in [3.8, 4) is 5.75 Å². The molecule has 0 bridgehead atoms. The lowest BCUT2D eigenvalue weighted by Gasteiger charge is -2.03. The first-order valence-corrected chi connectivity index (χ1v) is 6.92. The molecule has 0 saturated carbocycles. The van der Waals surface area contributed by atoms with E-state index in [-0.39, 0.29) is 11.7 Å². The van der Waals surface area contributed by atoms with Crippen LogP contribution in [-0.4, -0.2) is 36.6 Å². The molecule has 1 saturated heterocycles. The van der Waals surface area contributed by atoms with E-state index in [9.17, 15) is 4.79 Å². The zero-order valence-electron chi connectivity index (χ0n) is 11.8. The van der Waals surface area contributed by atoms with Crippen molar-refractivity contribution in [2.24, 2.45) is 4.99 Å². The molecule has 0 radical (unpaired) electrons. The molecule has 112 valence electrons. The third-order valence-electron chi connectivity index (χ3n) is 3.20. The molecule has 1 unspecified atom stereocenters. The molecule has 0 aliphatic carbocycles. The number of epoxide rings is 1. The molecule has 0 spiro atoms. The maximum atomic E-state index is 10.8. The van der Waals surface area contributed by atoms with Gasteiger partial charge in [0, 0.05) is 6.21 Å². The van der Waals surface area contributed by atoms with Crippen LogP contribution in [0.2, 0.25) is 0 Å². The Morgan fingerprint density at radius 1 is 1.23 bits per heavy atom. The number of hydrogen-bond acceptors (Lipinski definition) is 4. The molecule has 3 rings (SSSR count). The fourth-order valence-electron chi connectivity index (χ4n) is 1.84. The first kappa shape index (κ1) is 14.3. The predicted octanol–water partition coefficient (Wildman–Crippen LogP) is 2.91.